The number of benzene rings is 3. The summed E-state index contributed by atoms with van der Waals surface area (Å²) in [4.78, 5) is 15.8. The van der Waals surface area contributed by atoms with Crippen molar-refractivity contribution in [3.8, 4) is 11.1 Å². The first-order valence-corrected chi connectivity index (χ1v) is 11.9. The molecule has 5 rings (SSSR count). The summed E-state index contributed by atoms with van der Waals surface area (Å²) in [7, 11) is -3.66. The number of aromatic nitrogens is 1. The van der Waals surface area contributed by atoms with E-state index in [-0.39, 0.29) is 10.8 Å². The topological polar surface area (TPSA) is 91.1 Å². The van der Waals surface area contributed by atoms with Gasteiger partial charge in [-0.1, -0.05) is 42.0 Å². The number of carbonyl (C=O) groups excluding carboxylic acids is 1. The van der Waals surface area contributed by atoms with Crippen molar-refractivity contribution in [1.82, 2.24) is 4.98 Å². The van der Waals surface area contributed by atoms with E-state index in [9.17, 15) is 13.2 Å². The number of fused-ring (bicyclic) bond motifs is 1. The van der Waals surface area contributed by atoms with Crippen molar-refractivity contribution in [2.45, 2.75) is 11.8 Å². The lowest BCUT2D eigenvalue weighted by molar-refractivity contribution is -0.110. The molecule has 0 spiro atoms. The molecule has 164 valence electrons. The molecular weight excluding hydrogens is 434 g/mol. The van der Waals surface area contributed by atoms with Crippen molar-refractivity contribution in [3.05, 3.63) is 102 Å². The predicted molar refractivity (Wildman–Crippen MR) is 131 cm³/mol. The molecule has 3 N–H and O–H groups in total. The highest BCUT2D eigenvalue weighted by atomic mass is 32.2. The molecule has 6 nitrogen and oxygen atoms in total. The minimum absolute atomic E-state index is 0.141. The van der Waals surface area contributed by atoms with Crippen LogP contribution in [-0.4, -0.2) is 19.3 Å². The van der Waals surface area contributed by atoms with Gasteiger partial charge < -0.3 is 10.3 Å². The van der Waals surface area contributed by atoms with Gasteiger partial charge >= 0.3 is 0 Å². The molecule has 1 aliphatic rings. The van der Waals surface area contributed by atoms with Crippen LogP contribution in [0.1, 0.15) is 16.8 Å². The average Bonchev–Trinajstić information content (AvgIpc) is 3.42. The van der Waals surface area contributed by atoms with Crippen LogP contribution in [0.15, 0.2) is 90.0 Å². The molecule has 33 heavy (non-hydrogen) atoms. The fraction of sp³-hybridized carbons (Fsp3) is 0.0385. The maximum Gasteiger partial charge on any atom is 0.261 e. The van der Waals surface area contributed by atoms with Crippen LogP contribution >= 0.6 is 0 Å². The smallest absolute Gasteiger partial charge is 0.261 e. The number of nitrogens with one attached hydrogen (secondary N) is 3. The molecule has 0 bridgehead atoms. The third-order valence-electron chi connectivity index (χ3n) is 5.53. The minimum atomic E-state index is -3.66. The Hall–Kier alpha value is -4.10. The summed E-state index contributed by atoms with van der Waals surface area (Å²) in [6.45, 7) is 1.91. The molecule has 0 unspecified atom stereocenters. The summed E-state index contributed by atoms with van der Waals surface area (Å²) in [5, 5.41) is 2.92. The van der Waals surface area contributed by atoms with Crippen molar-refractivity contribution in [2.24, 2.45) is 0 Å². The van der Waals surface area contributed by atoms with E-state index in [1.807, 2.05) is 61.7 Å². The number of aryl methyl sites for hydroxylation is 1. The molecule has 1 aromatic heterocycles. The maximum atomic E-state index is 12.6. The predicted octanol–water partition coefficient (Wildman–Crippen LogP) is 5.28. The molecule has 0 saturated heterocycles. The van der Waals surface area contributed by atoms with Crippen LogP contribution in [0.2, 0.25) is 0 Å². The number of rotatable bonds is 5. The van der Waals surface area contributed by atoms with Crippen LogP contribution in [0.5, 0.6) is 0 Å². The van der Waals surface area contributed by atoms with Gasteiger partial charge in [-0.05, 0) is 66.6 Å². The van der Waals surface area contributed by atoms with E-state index >= 15 is 0 Å². The second-order valence-electron chi connectivity index (χ2n) is 7.89. The summed E-state index contributed by atoms with van der Waals surface area (Å²) < 4.78 is 27.8. The van der Waals surface area contributed by atoms with Crippen LogP contribution in [0, 0.1) is 6.92 Å². The number of hydrogen-bond acceptors (Lipinski definition) is 3. The van der Waals surface area contributed by atoms with Gasteiger partial charge in [-0.3, -0.25) is 9.52 Å². The molecule has 1 amide bonds. The zero-order valence-corrected chi connectivity index (χ0v) is 18.6. The van der Waals surface area contributed by atoms with Gasteiger partial charge in [-0.25, -0.2) is 8.42 Å². The van der Waals surface area contributed by atoms with E-state index in [0.29, 0.717) is 11.3 Å². The highest BCUT2D eigenvalue weighted by molar-refractivity contribution is 7.92. The van der Waals surface area contributed by atoms with Gasteiger partial charge in [0.25, 0.3) is 15.9 Å². The summed E-state index contributed by atoms with van der Waals surface area (Å²) in [6.07, 6.45) is 3.64. The third-order valence-corrected chi connectivity index (χ3v) is 6.92. The Bertz CT molecular complexity index is 1470. The fourth-order valence-corrected chi connectivity index (χ4v) is 4.83. The molecule has 2 heterocycles. The summed E-state index contributed by atoms with van der Waals surface area (Å²) in [6, 6.07) is 23.4. The van der Waals surface area contributed by atoms with E-state index in [1.54, 1.807) is 36.4 Å². The summed E-state index contributed by atoms with van der Waals surface area (Å²) in [5.41, 5.74) is 6.37. The zero-order chi connectivity index (χ0) is 23.0. The Labute approximate surface area is 192 Å². The highest BCUT2D eigenvalue weighted by Gasteiger charge is 2.24. The molecule has 4 aromatic rings. The molecule has 0 fully saturated rings. The third kappa shape index (κ3) is 4.18. The van der Waals surface area contributed by atoms with Gasteiger partial charge in [0.05, 0.1) is 10.5 Å². The number of anilines is 2. The van der Waals surface area contributed by atoms with Crippen LogP contribution in [0.4, 0.5) is 11.4 Å². The largest absolute Gasteiger partial charge is 0.362 e. The lowest BCUT2D eigenvalue weighted by Crippen LogP contribution is -2.12. The van der Waals surface area contributed by atoms with Crippen LogP contribution in [0.3, 0.4) is 0 Å². The van der Waals surface area contributed by atoms with Crippen molar-refractivity contribution in [3.63, 3.8) is 0 Å². The van der Waals surface area contributed by atoms with Crippen molar-refractivity contribution in [1.29, 1.82) is 0 Å². The summed E-state index contributed by atoms with van der Waals surface area (Å²) >= 11 is 0. The van der Waals surface area contributed by atoms with Gasteiger partial charge in [0.2, 0.25) is 0 Å². The standard InChI is InChI=1S/C26H21N3O3S/c1-17-4-11-22(12-5-17)33(31,32)29-20-9-6-18(7-10-20)19-8-13-23-24(16-21-3-2-14-27-21)26(30)28-25(23)15-19/h2-16,27,29H,1H3,(H,28,30)/b24-16-. The highest BCUT2D eigenvalue weighted by Crippen LogP contribution is 2.36. The molecule has 7 heteroatoms. The van der Waals surface area contributed by atoms with Crippen molar-refractivity contribution in [2.75, 3.05) is 10.0 Å². The minimum Gasteiger partial charge on any atom is -0.362 e. The first-order valence-electron chi connectivity index (χ1n) is 10.4. The zero-order valence-electron chi connectivity index (χ0n) is 17.8. The van der Waals surface area contributed by atoms with Gasteiger partial charge in [0.1, 0.15) is 0 Å². The molecule has 1 aliphatic heterocycles. The second kappa shape index (κ2) is 8.11. The number of carbonyl (C=O) groups is 1. The first-order chi connectivity index (χ1) is 15.9. The van der Waals surface area contributed by atoms with Crippen LogP contribution in [0.25, 0.3) is 22.8 Å². The average molecular weight is 456 g/mol. The van der Waals surface area contributed by atoms with E-state index in [0.717, 1.165) is 33.6 Å². The fourth-order valence-electron chi connectivity index (χ4n) is 3.77. The number of hydrogen-bond donors (Lipinski definition) is 3. The SMILES string of the molecule is Cc1ccc(S(=O)(=O)Nc2ccc(-c3ccc4c(c3)NC(=O)/C4=C\c3ccc[nH]3)cc2)cc1. The van der Waals surface area contributed by atoms with E-state index in [1.165, 1.54) is 0 Å². The quantitative estimate of drug-likeness (QED) is 0.358. The molecule has 0 aliphatic carbocycles. The summed E-state index contributed by atoms with van der Waals surface area (Å²) in [5.74, 6) is -0.141. The van der Waals surface area contributed by atoms with Gasteiger partial charge in [0.15, 0.2) is 0 Å². The molecule has 0 atom stereocenters. The van der Waals surface area contributed by atoms with Gasteiger partial charge in [-0.2, -0.15) is 0 Å². The first kappa shape index (κ1) is 20.8. The normalized spacial score (nSPS) is 14.2. The Balaban J connectivity index is 1.38. The molecule has 0 radical (unpaired) electrons. The van der Waals surface area contributed by atoms with Crippen molar-refractivity contribution < 1.29 is 13.2 Å². The van der Waals surface area contributed by atoms with Crippen LogP contribution in [-0.2, 0) is 14.8 Å². The Kier molecular flexibility index (Phi) is 5.11. The monoisotopic (exact) mass is 455 g/mol. The van der Waals surface area contributed by atoms with Gasteiger partial charge in [-0.15, -0.1) is 0 Å². The lowest BCUT2D eigenvalue weighted by Gasteiger charge is -2.10. The number of sulfonamides is 1. The van der Waals surface area contributed by atoms with Crippen molar-refractivity contribution >= 4 is 39.0 Å². The Morgan fingerprint density at radius 1 is 0.879 bits per heavy atom. The van der Waals surface area contributed by atoms with E-state index in [2.05, 4.69) is 15.0 Å². The lowest BCUT2D eigenvalue weighted by atomic mass is 10.00. The maximum absolute atomic E-state index is 12.6. The second-order valence-corrected chi connectivity index (χ2v) is 9.58. The van der Waals surface area contributed by atoms with Crippen LogP contribution < -0.4 is 10.0 Å². The van der Waals surface area contributed by atoms with E-state index in [4.69, 9.17) is 0 Å². The van der Waals surface area contributed by atoms with E-state index < -0.39 is 10.0 Å². The number of aromatic amines is 1. The molecular formula is C26H21N3O3S. The molecule has 0 saturated carbocycles. The molecule has 3 aromatic carbocycles. The van der Waals surface area contributed by atoms with Gasteiger partial charge in [0, 0.05) is 28.8 Å². The Morgan fingerprint density at radius 3 is 2.30 bits per heavy atom. The Morgan fingerprint density at radius 2 is 1.61 bits per heavy atom. The number of H-pyrrole nitrogens is 1. The number of amides is 1.